The molecule has 0 aliphatic rings. The van der Waals surface area contributed by atoms with Crippen LogP contribution in [-0.4, -0.2) is 5.91 Å². The summed E-state index contributed by atoms with van der Waals surface area (Å²) in [5.74, 6) is -0.432. The molecule has 1 amide bonds. The second kappa shape index (κ2) is 5.53. The Morgan fingerprint density at radius 1 is 0.947 bits per heavy atom. The Labute approximate surface area is 113 Å². The van der Waals surface area contributed by atoms with E-state index in [4.69, 9.17) is 5.73 Å². The molecule has 96 valence electrons. The molecule has 0 radical (unpaired) electrons. The molecule has 0 aliphatic heterocycles. The summed E-state index contributed by atoms with van der Waals surface area (Å²) in [6, 6.07) is 14.6. The quantitative estimate of drug-likeness (QED) is 0.834. The lowest BCUT2D eigenvalue weighted by molar-refractivity contribution is -0.113. The SMILES string of the molecule is Cc1cc(C)cc(-c2ccc(C=CC(N)=O)cc2)c1. The summed E-state index contributed by atoms with van der Waals surface area (Å²) in [6.45, 7) is 4.20. The molecule has 2 heteroatoms. The minimum absolute atomic E-state index is 0.432. The number of carbonyl (C=O) groups is 1. The van der Waals surface area contributed by atoms with Crippen LogP contribution < -0.4 is 5.73 Å². The van der Waals surface area contributed by atoms with Gasteiger partial charge in [-0.25, -0.2) is 0 Å². The van der Waals surface area contributed by atoms with Gasteiger partial charge in [0.05, 0.1) is 0 Å². The second-order valence-corrected chi connectivity index (χ2v) is 4.73. The number of hydrogen-bond donors (Lipinski definition) is 1. The number of aryl methyl sites for hydroxylation is 2. The number of nitrogens with two attached hydrogens (primary N) is 1. The molecule has 0 bridgehead atoms. The minimum Gasteiger partial charge on any atom is -0.366 e. The van der Waals surface area contributed by atoms with Gasteiger partial charge in [-0.3, -0.25) is 4.79 Å². The molecule has 2 rings (SSSR count). The van der Waals surface area contributed by atoms with Gasteiger partial charge >= 0.3 is 0 Å². The maximum absolute atomic E-state index is 10.7. The van der Waals surface area contributed by atoms with Crippen LogP contribution in [0, 0.1) is 13.8 Å². The maximum atomic E-state index is 10.7. The van der Waals surface area contributed by atoms with Gasteiger partial charge in [0.2, 0.25) is 5.91 Å². The van der Waals surface area contributed by atoms with Crippen molar-refractivity contribution in [2.24, 2.45) is 5.73 Å². The zero-order valence-electron chi connectivity index (χ0n) is 11.2. The number of carbonyl (C=O) groups excluding carboxylic acids is 1. The van der Waals surface area contributed by atoms with Crippen molar-refractivity contribution >= 4 is 12.0 Å². The zero-order valence-corrected chi connectivity index (χ0v) is 11.2. The van der Waals surface area contributed by atoms with Crippen LogP contribution in [0.2, 0.25) is 0 Å². The van der Waals surface area contributed by atoms with Crippen LogP contribution in [0.5, 0.6) is 0 Å². The highest BCUT2D eigenvalue weighted by atomic mass is 16.1. The van der Waals surface area contributed by atoms with Crippen molar-refractivity contribution in [1.29, 1.82) is 0 Å². The molecule has 0 spiro atoms. The van der Waals surface area contributed by atoms with Crippen molar-refractivity contribution in [3.05, 3.63) is 65.2 Å². The van der Waals surface area contributed by atoms with Crippen molar-refractivity contribution in [2.75, 3.05) is 0 Å². The Hall–Kier alpha value is -2.35. The van der Waals surface area contributed by atoms with E-state index in [0.717, 1.165) is 5.56 Å². The Morgan fingerprint density at radius 3 is 2.05 bits per heavy atom. The lowest BCUT2D eigenvalue weighted by Crippen LogP contribution is -2.04. The first kappa shape index (κ1) is 13.1. The Kier molecular flexibility index (Phi) is 3.81. The normalized spacial score (nSPS) is 10.8. The molecule has 0 unspecified atom stereocenters. The Balaban J connectivity index is 2.29. The van der Waals surface area contributed by atoms with Crippen LogP contribution in [0.3, 0.4) is 0 Å². The number of benzene rings is 2. The van der Waals surface area contributed by atoms with Crippen molar-refractivity contribution in [1.82, 2.24) is 0 Å². The molecule has 0 atom stereocenters. The van der Waals surface area contributed by atoms with E-state index in [1.807, 2.05) is 12.1 Å². The predicted octanol–water partition coefficient (Wildman–Crippen LogP) is 3.47. The summed E-state index contributed by atoms with van der Waals surface area (Å²) in [5, 5.41) is 0. The van der Waals surface area contributed by atoms with E-state index in [9.17, 15) is 4.79 Å². The standard InChI is InChI=1S/C17H17NO/c1-12-9-13(2)11-16(10-12)15-6-3-14(4-7-15)5-8-17(18)19/h3-11H,1-2H3,(H2,18,19). The van der Waals surface area contributed by atoms with Crippen molar-refractivity contribution in [3.8, 4) is 11.1 Å². The Bertz CT molecular complexity index is 604. The minimum atomic E-state index is -0.432. The van der Waals surface area contributed by atoms with Gasteiger partial charge in [-0.05, 0) is 36.6 Å². The molecule has 0 aromatic heterocycles. The third kappa shape index (κ3) is 3.55. The molecule has 2 nitrogen and oxygen atoms in total. The van der Waals surface area contributed by atoms with Gasteiger partial charge in [-0.1, -0.05) is 53.6 Å². The van der Waals surface area contributed by atoms with Crippen LogP contribution in [0.25, 0.3) is 17.2 Å². The largest absolute Gasteiger partial charge is 0.366 e. The van der Waals surface area contributed by atoms with E-state index >= 15 is 0 Å². The smallest absolute Gasteiger partial charge is 0.241 e. The zero-order chi connectivity index (χ0) is 13.8. The molecule has 19 heavy (non-hydrogen) atoms. The van der Waals surface area contributed by atoms with Crippen LogP contribution in [0.1, 0.15) is 16.7 Å². The molecular formula is C17H17NO. The summed E-state index contributed by atoms with van der Waals surface area (Å²) in [7, 11) is 0. The van der Waals surface area contributed by atoms with Crippen LogP contribution in [0.4, 0.5) is 0 Å². The molecule has 2 N–H and O–H groups in total. The summed E-state index contributed by atoms with van der Waals surface area (Å²) >= 11 is 0. The lowest BCUT2D eigenvalue weighted by atomic mass is 10.00. The van der Waals surface area contributed by atoms with Crippen LogP contribution in [-0.2, 0) is 4.79 Å². The van der Waals surface area contributed by atoms with Crippen LogP contribution >= 0.6 is 0 Å². The fourth-order valence-electron chi connectivity index (χ4n) is 2.11. The third-order valence-corrected chi connectivity index (χ3v) is 2.91. The highest BCUT2D eigenvalue weighted by Gasteiger charge is 1.99. The number of hydrogen-bond acceptors (Lipinski definition) is 1. The summed E-state index contributed by atoms with van der Waals surface area (Å²) in [6.07, 6.45) is 3.08. The van der Waals surface area contributed by atoms with E-state index < -0.39 is 5.91 Å². The van der Waals surface area contributed by atoms with Gasteiger partial charge in [0.1, 0.15) is 0 Å². The van der Waals surface area contributed by atoms with Gasteiger partial charge in [0.25, 0.3) is 0 Å². The first-order valence-corrected chi connectivity index (χ1v) is 6.21. The second-order valence-electron chi connectivity index (χ2n) is 4.73. The highest BCUT2D eigenvalue weighted by Crippen LogP contribution is 2.22. The molecule has 0 heterocycles. The van der Waals surface area contributed by atoms with Crippen LogP contribution in [0.15, 0.2) is 48.5 Å². The molecule has 0 saturated heterocycles. The van der Waals surface area contributed by atoms with E-state index in [1.165, 1.54) is 28.3 Å². The number of rotatable bonds is 3. The number of amides is 1. The molecule has 0 aliphatic carbocycles. The topological polar surface area (TPSA) is 43.1 Å². The van der Waals surface area contributed by atoms with Crippen molar-refractivity contribution < 1.29 is 4.79 Å². The maximum Gasteiger partial charge on any atom is 0.241 e. The third-order valence-electron chi connectivity index (χ3n) is 2.91. The van der Waals surface area contributed by atoms with Gasteiger partial charge < -0.3 is 5.73 Å². The first-order chi connectivity index (χ1) is 9.04. The van der Waals surface area contributed by atoms with E-state index in [1.54, 1.807) is 6.08 Å². The lowest BCUT2D eigenvalue weighted by Gasteiger charge is -2.05. The fourth-order valence-corrected chi connectivity index (χ4v) is 2.11. The predicted molar refractivity (Wildman–Crippen MR) is 79.6 cm³/mol. The van der Waals surface area contributed by atoms with Crippen molar-refractivity contribution in [3.63, 3.8) is 0 Å². The van der Waals surface area contributed by atoms with E-state index in [-0.39, 0.29) is 0 Å². The highest BCUT2D eigenvalue weighted by molar-refractivity contribution is 5.90. The van der Waals surface area contributed by atoms with Gasteiger partial charge in [0.15, 0.2) is 0 Å². The fraction of sp³-hybridized carbons (Fsp3) is 0.118. The molecular weight excluding hydrogens is 234 g/mol. The monoisotopic (exact) mass is 251 g/mol. The van der Waals surface area contributed by atoms with E-state index in [0.29, 0.717) is 0 Å². The van der Waals surface area contributed by atoms with Gasteiger partial charge in [-0.2, -0.15) is 0 Å². The van der Waals surface area contributed by atoms with Gasteiger partial charge in [0, 0.05) is 6.08 Å². The molecule has 2 aromatic rings. The van der Waals surface area contributed by atoms with Crippen molar-refractivity contribution in [2.45, 2.75) is 13.8 Å². The molecule has 0 fully saturated rings. The molecule has 0 saturated carbocycles. The summed E-state index contributed by atoms with van der Waals surface area (Å²) < 4.78 is 0. The number of primary amides is 1. The summed E-state index contributed by atoms with van der Waals surface area (Å²) in [4.78, 5) is 10.7. The average Bonchev–Trinajstić information content (AvgIpc) is 2.36. The van der Waals surface area contributed by atoms with E-state index in [2.05, 4.69) is 44.2 Å². The summed E-state index contributed by atoms with van der Waals surface area (Å²) in [5.41, 5.74) is 10.9. The van der Waals surface area contributed by atoms with Gasteiger partial charge in [-0.15, -0.1) is 0 Å². The molecule has 2 aromatic carbocycles. The first-order valence-electron chi connectivity index (χ1n) is 6.21. The Morgan fingerprint density at radius 2 is 1.53 bits per heavy atom. The average molecular weight is 251 g/mol.